The van der Waals surface area contributed by atoms with Gasteiger partial charge in [0.2, 0.25) is 0 Å². The van der Waals surface area contributed by atoms with E-state index in [4.69, 9.17) is 4.74 Å². The number of nitrogens with one attached hydrogen (secondary N) is 1. The van der Waals surface area contributed by atoms with Crippen LogP contribution in [0, 0.1) is 12.7 Å². The second-order valence-electron chi connectivity index (χ2n) is 4.88. The fourth-order valence-corrected chi connectivity index (χ4v) is 1.62. The number of benzene rings is 1. The van der Waals surface area contributed by atoms with E-state index >= 15 is 0 Å². The van der Waals surface area contributed by atoms with Crippen LogP contribution < -0.4 is 5.32 Å². The zero-order valence-corrected chi connectivity index (χ0v) is 11.5. The van der Waals surface area contributed by atoms with Gasteiger partial charge >= 0.3 is 0 Å². The van der Waals surface area contributed by atoms with Crippen LogP contribution in [-0.4, -0.2) is 36.9 Å². The van der Waals surface area contributed by atoms with Crippen molar-refractivity contribution >= 4 is 5.91 Å². The maximum absolute atomic E-state index is 13.1. The first-order valence-electron chi connectivity index (χ1n) is 6.11. The number of rotatable bonds is 6. The van der Waals surface area contributed by atoms with Crippen LogP contribution >= 0.6 is 0 Å². The molecule has 0 heterocycles. The molecule has 106 valence electrons. The number of amides is 1. The Kier molecular flexibility index (Phi) is 5.44. The molecule has 1 aromatic rings. The van der Waals surface area contributed by atoms with Gasteiger partial charge in [0.1, 0.15) is 5.82 Å². The number of carbonyl (C=O) groups excluding carboxylic acids is 1. The first-order valence-corrected chi connectivity index (χ1v) is 6.11. The molecule has 0 aromatic heterocycles. The van der Waals surface area contributed by atoms with Crippen LogP contribution in [0.1, 0.15) is 29.3 Å². The molecule has 0 radical (unpaired) electrons. The van der Waals surface area contributed by atoms with Gasteiger partial charge in [-0.05, 0) is 31.5 Å². The van der Waals surface area contributed by atoms with E-state index in [1.54, 1.807) is 27.0 Å². The Bertz CT molecular complexity index is 446. The van der Waals surface area contributed by atoms with Gasteiger partial charge in [0.25, 0.3) is 5.91 Å². The Morgan fingerprint density at radius 1 is 1.53 bits per heavy atom. The second kappa shape index (κ2) is 6.63. The normalized spacial score (nSPS) is 13.9. The summed E-state index contributed by atoms with van der Waals surface area (Å²) in [4.78, 5) is 11.9. The number of aliphatic hydroxyl groups is 1. The average Bonchev–Trinajstić information content (AvgIpc) is 2.36. The largest absolute Gasteiger partial charge is 0.388 e. The molecule has 5 heteroatoms. The molecule has 0 aliphatic carbocycles. The third kappa shape index (κ3) is 4.96. The number of hydrogen-bond donors (Lipinski definition) is 2. The van der Waals surface area contributed by atoms with E-state index in [-0.39, 0.29) is 12.1 Å². The average molecular weight is 269 g/mol. The van der Waals surface area contributed by atoms with Gasteiger partial charge in [0.05, 0.1) is 5.60 Å². The lowest BCUT2D eigenvalue weighted by Crippen LogP contribution is -2.41. The maximum atomic E-state index is 13.1. The van der Waals surface area contributed by atoms with Crippen molar-refractivity contribution in [2.75, 3.05) is 20.3 Å². The van der Waals surface area contributed by atoms with Gasteiger partial charge in [-0.25, -0.2) is 4.39 Å². The zero-order chi connectivity index (χ0) is 14.5. The molecule has 0 aliphatic heterocycles. The van der Waals surface area contributed by atoms with Crippen molar-refractivity contribution in [1.82, 2.24) is 5.32 Å². The Balaban J connectivity index is 2.62. The lowest BCUT2D eigenvalue weighted by Gasteiger charge is -2.23. The van der Waals surface area contributed by atoms with Gasteiger partial charge < -0.3 is 15.2 Å². The van der Waals surface area contributed by atoms with E-state index < -0.39 is 17.3 Å². The molecule has 0 fully saturated rings. The monoisotopic (exact) mass is 269 g/mol. The third-order valence-corrected chi connectivity index (χ3v) is 2.92. The van der Waals surface area contributed by atoms with Gasteiger partial charge in [0, 0.05) is 32.2 Å². The van der Waals surface area contributed by atoms with Crippen LogP contribution in [0.4, 0.5) is 4.39 Å². The van der Waals surface area contributed by atoms with Crippen LogP contribution in [0.3, 0.4) is 0 Å². The fraction of sp³-hybridized carbons (Fsp3) is 0.500. The van der Waals surface area contributed by atoms with Crippen LogP contribution in [0.2, 0.25) is 0 Å². The molecule has 19 heavy (non-hydrogen) atoms. The third-order valence-electron chi connectivity index (χ3n) is 2.92. The molecule has 0 bridgehead atoms. The number of aryl methyl sites for hydroxylation is 1. The Morgan fingerprint density at radius 3 is 2.84 bits per heavy atom. The molecule has 0 saturated heterocycles. The molecule has 0 spiro atoms. The van der Waals surface area contributed by atoms with E-state index in [9.17, 15) is 14.3 Å². The van der Waals surface area contributed by atoms with Crippen molar-refractivity contribution in [2.45, 2.75) is 25.9 Å². The van der Waals surface area contributed by atoms with Crippen molar-refractivity contribution in [3.8, 4) is 0 Å². The lowest BCUT2D eigenvalue weighted by atomic mass is 10.0. The van der Waals surface area contributed by atoms with E-state index in [1.165, 1.54) is 12.1 Å². The van der Waals surface area contributed by atoms with Crippen LogP contribution in [-0.2, 0) is 4.74 Å². The van der Waals surface area contributed by atoms with Gasteiger partial charge in [-0.1, -0.05) is 6.07 Å². The fourth-order valence-electron chi connectivity index (χ4n) is 1.62. The Labute approximate surface area is 112 Å². The zero-order valence-electron chi connectivity index (χ0n) is 11.5. The van der Waals surface area contributed by atoms with Crippen molar-refractivity contribution < 1.29 is 19.0 Å². The minimum Gasteiger partial charge on any atom is -0.388 e. The second-order valence-corrected chi connectivity index (χ2v) is 4.88. The Morgan fingerprint density at radius 2 is 2.21 bits per heavy atom. The van der Waals surface area contributed by atoms with Gasteiger partial charge in [-0.3, -0.25) is 4.79 Å². The predicted molar refractivity (Wildman–Crippen MR) is 70.6 cm³/mol. The maximum Gasteiger partial charge on any atom is 0.251 e. The van der Waals surface area contributed by atoms with E-state index in [1.807, 2.05) is 0 Å². The molecule has 1 rings (SSSR count). The molecule has 1 unspecified atom stereocenters. The first kappa shape index (κ1) is 15.6. The summed E-state index contributed by atoms with van der Waals surface area (Å²) in [7, 11) is 1.55. The lowest BCUT2D eigenvalue weighted by molar-refractivity contribution is 0.0243. The number of hydrogen-bond acceptors (Lipinski definition) is 3. The minimum absolute atomic E-state index is 0.0884. The van der Waals surface area contributed by atoms with Crippen molar-refractivity contribution in [3.63, 3.8) is 0 Å². The van der Waals surface area contributed by atoms with Gasteiger partial charge in [-0.2, -0.15) is 0 Å². The summed E-state index contributed by atoms with van der Waals surface area (Å²) in [6.07, 6.45) is 0.409. The summed E-state index contributed by atoms with van der Waals surface area (Å²) in [6, 6.07) is 4.04. The van der Waals surface area contributed by atoms with Gasteiger partial charge in [0.15, 0.2) is 0 Å². The van der Waals surface area contributed by atoms with E-state index in [0.717, 1.165) is 0 Å². The topological polar surface area (TPSA) is 58.6 Å². The van der Waals surface area contributed by atoms with E-state index in [0.29, 0.717) is 18.6 Å². The molecular weight excluding hydrogens is 249 g/mol. The summed E-state index contributed by atoms with van der Waals surface area (Å²) in [5.74, 6) is -0.850. The highest BCUT2D eigenvalue weighted by Crippen LogP contribution is 2.12. The standard InChI is InChI=1S/C14H20FNO3/c1-10-4-5-11(15)8-12(10)13(17)16-9-14(2,18)6-7-19-3/h4-5,8,18H,6-7,9H2,1-3H3,(H,16,17). The highest BCUT2D eigenvalue weighted by Gasteiger charge is 2.21. The Hall–Kier alpha value is -1.46. The van der Waals surface area contributed by atoms with Crippen LogP contribution in [0.5, 0.6) is 0 Å². The number of halogens is 1. The molecule has 1 aromatic carbocycles. The van der Waals surface area contributed by atoms with Crippen LogP contribution in [0.15, 0.2) is 18.2 Å². The quantitative estimate of drug-likeness (QED) is 0.825. The molecule has 0 aliphatic rings. The molecule has 4 nitrogen and oxygen atoms in total. The number of methoxy groups -OCH3 is 1. The highest BCUT2D eigenvalue weighted by molar-refractivity contribution is 5.95. The highest BCUT2D eigenvalue weighted by atomic mass is 19.1. The minimum atomic E-state index is -1.05. The number of ether oxygens (including phenoxy) is 1. The van der Waals surface area contributed by atoms with Crippen molar-refractivity contribution in [2.24, 2.45) is 0 Å². The smallest absolute Gasteiger partial charge is 0.251 e. The molecular formula is C14H20FNO3. The van der Waals surface area contributed by atoms with Gasteiger partial charge in [-0.15, -0.1) is 0 Å². The van der Waals surface area contributed by atoms with E-state index in [2.05, 4.69) is 5.32 Å². The first-order chi connectivity index (χ1) is 8.85. The predicted octanol–water partition coefficient (Wildman–Crippen LogP) is 1.65. The van der Waals surface area contributed by atoms with Crippen molar-refractivity contribution in [3.05, 3.63) is 35.1 Å². The summed E-state index contributed by atoms with van der Waals surface area (Å²) in [6.45, 7) is 3.84. The van der Waals surface area contributed by atoms with Crippen LogP contribution in [0.25, 0.3) is 0 Å². The summed E-state index contributed by atoms with van der Waals surface area (Å²) < 4.78 is 18.0. The number of carbonyl (C=O) groups is 1. The molecule has 1 amide bonds. The van der Waals surface area contributed by atoms with Crippen molar-refractivity contribution in [1.29, 1.82) is 0 Å². The SMILES string of the molecule is COCCC(C)(O)CNC(=O)c1cc(F)ccc1C. The molecule has 2 N–H and O–H groups in total. The molecule has 1 atom stereocenters. The summed E-state index contributed by atoms with van der Waals surface area (Å²) >= 11 is 0. The molecule has 0 saturated carbocycles. The summed E-state index contributed by atoms with van der Waals surface area (Å²) in [5.41, 5.74) is -0.0784. The summed E-state index contributed by atoms with van der Waals surface area (Å²) in [5, 5.41) is 12.6.